The zero-order chi connectivity index (χ0) is 26.4. The van der Waals surface area contributed by atoms with Crippen molar-refractivity contribution < 1.29 is 19.5 Å². The number of anilines is 1. The molecule has 37 heavy (non-hydrogen) atoms. The first-order valence-corrected chi connectivity index (χ1v) is 12.9. The summed E-state index contributed by atoms with van der Waals surface area (Å²) in [6, 6.07) is 16.7. The van der Waals surface area contributed by atoms with Crippen LogP contribution in [0.25, 0.3) is 0 Å². The Morgan fingerprint density at radius 3 is 2.38 bits per heavy atom. The minimum Gasteiger partial charge on any atom is -0.395 e. The molecule has 2 aliphatic heterocycles. The normalized spacial score (nSPS) is 19.0. The van der Waals surface area contributed by atoms with Gasteiger partial charge < -0.3 is 30.9 Å². The van der Waals surface area contributed by atoms with Crippen molar-refractivity contribution in [3.63, 3.8) is 0 Å². The maximum absolute atomic E-state index is 13.9. The number of para-hydroxylation sites is 1. The van der Waals surface area contributed by atoms with E-state index in [2.05, 4.69) is 5.32 Å². The van der Waals surface area contributed by atoms with Crippen LogP contribution in [-0.4, -0.2) is 83.7 Å². The van der Waals surface area contributed by atoms with Gasteiger partial charge in [-0.25, -0.2) is 0 Å². The fraction of sp³-hybridized carbons (Fsp3) is 0.407. The Morgan fingerprint density at radius 1 is 1.08 bits per heavy atom. The molecule has 197 valence electrons. The van der Waals surface area contributed by atoms with Crippen LogP contribution in [0.5, 0.6) is 0 Å². The molecule has 1 spiro atoms. The molecule has 2 saturated heterocycles. The van der Waals surface area contributed by atoms with Crippen molar-refractivity contribution >= 4 is 35.0 Å². The number of hydrogen-bond acceptors (Lipinski definition) is 6. The number of nitrogens with one attached hydrogen (secondary N) is 1. The highest BCUT2D eigenvalue weighted by Gasteiger charge is 2.60. The zero-order valence-corrected chi connectivity index (χ0v) is 21.4. The van der Waals surface area contributed by atoms with E-state index in [1.165, 1.54) is 4.90 Å². The van der Waals surface area contributed by atoms with Gasteiger partial charge in [0.05, 0.1) is 13.0 Å². The van der Waals surface area contributed by atoms with E-state index in [1.54, 1.807) is 23.5 Å². The summed E-state index contributed by atoms with van der Waals surface area (Å²) in [5, 5.41) is 12.8. The van der Waals surface area contributed by atoms with E-state index >= 15 is 0 Å². The van der Waals surface area contributed by atoms with Crippen LogP contribution in [0, 0.1) is 6.42 Å². The van der Waals surface area contributed by atoms with Crippen molar-refractivity contribution in [3.8, 4) is 0 Å². The maximum atomic E-state index is 13.9. The number of rotatable bonds is 10. The van der Waals surface area contributed by atoms with Crippen LogP contribution < -0.4 is 16.0 Å². The van der Waals surface area contributed by atoms with Gasteiger partial charge in [-0.3, -0.25) is 14.4 Å². The van der Waals surface area contributed by atoms with Crippen molar-refractivity contribution in [2.24, 2.45) is 5.73 Å². The average Bonchev–Trinajstić information content (AvgIpc) is 3.14. The number of likely N-dealkylation sites (tertiary alicyclic amines) is 1. The van der Waals surface area contributed by atoms with Gasteiger partial charge in [-0.15, -0.1) is 0 Å². The molecule has 9 nitrogen and oxygen atoms in total. The van der Waals surface area contributed by atoms with E-state index in [9.17, 15) is 14.4 Å². The number of aliphatic hydroxyl groups excluding tert-OH is 1. The molecule has 2 fully saturated rings. The number of aliphatic hydroxyl groups is 1. The van der Waals surface area contributed by atoms with Crippen molar-refractivity contribution in [1.82, 2.24) is 15.1 Å². The highest BCUT2D eigenvalue weighted by atomic mass is 35.5. The lowest BCUT2D eigenvalue weighted by Gasteiger charge is -2.44. The van der Waals surface area contributed by atoms with Gasteiger partial charge >= 0.3 is 0 Å². The van der Waals surface area contributed by atoms with Crippen LogP contribution >= 0.6 is 11.6 Å². The summed E-state index contributed by atoms with van der Waals surface area (Å²) in [5.74, 6) is -0.854. The van der Waals surface area contributed by atoms with Crippen LogP contribution in [-0.2, 0) is 20.8 Å². The Labute approximate surface area is 222 Å². The fourth-order valence-corrected chi connectivity index (χ4v) is 5.37. The van der Waals surface area contributed by atoms with Crippen LogP contribution in [0.2, 0.25) is 5.02 Å². The molecule has 0 aromatic heterocycles. The molecule has 0 bridgehead atoms. The molecule has 1 radical (unpaired) electrons. The molecule has 0 unspecified atom stereocenters. The van der Waals surface area contributed by atoms with Crippen LogP contribution in [0.4, 0.5) is 5.69 Å². The molecule has 4 N–H and O–H groups in total. The zero-order valence-electron chi connectivity index (χ0n) is 20.7. The Bertz CT molecular complexity index is 1090. The predicted molar refractivity (Wildman–Crippen MR) is 142 cm³/mol. The lowest BCUT2D eigenvalue weighted by atomic mass is 9.85. The number of nitrogens with zero attached hydrogens (tertiary/aromatic N) is 3. The number of benzene rings is 2. The predicted octanol–water partition coefficient (Wildman–Crippen LogP) is 1.19. The van der Waals surface area contributed by atoms with E-state index in [-0.39, 0.29) is 25.0 Å². The molecular weight excluding hydrogens is 494 g/mol. The summed E-state index contributed by atoms with van der Waals surface area (Å²) in [6.07, 6.45) is 1.96. The third-order valence-electron chi connectivity index (χ3n) is 7.09. The third-order valence-corrected chi connectivity index (χ3v) is 7.35. The molecule has 10 heteroatoms. The Hall–Kier alpha value is -3.14. The number of carbonyl (C=O) groups is 3. The second-order valence-corrected chi connectivity index (χ2v) is 9.78. The van der Waals surface area contributed by atoms with Gasteiger partial charge in [-0.1, -0.05) is 41.9 Å². The van der Waals surface area contributed by atoms with Crippen LogP contribution in [0.3, 0.4) is 0 Å². The number of nitrogens with two attached hydrogens (primary N) is 1. The quantitative estimate of drug-likeness (QED) is 0.400. The third kappa shape index (κ3) is 5.74. The summed E-state index contributed by atoms with van der Waals surface area (Å²) in [7, 11) is 0. The molecule has 2 aliphatic rings. The van der Waals surface area contributed by atoms with Gasteiger partial charge in [-0.2, -0.15) is 0 Å². The van der Waals surface area contributed by atoms with E-state index in [0.717, 1.165) is 11.3 Å². The van der Waals surface area contributed by atoms with E-state index in [4.69, 9.17) is 22.4 Å². The second-order valence-electron chi connectivity index (χ2n) is 9.35. The molecule has 2 heterocycles. The van der Waals surface area contributed by atoms with Crippen molar-refractivity contribution in [2.45, 2.75) is 31.0 Å². The molecule has 4 rings (SSSR count). The van der Waals surface area contributed by atoms with Gasteiger partial charge in [0.25, 0.3) is 11.8 Å². The first-order valence-electron chi connectivity index (χ1n) is 12.5. The summed E-state index contributed by atoms with van der Waals surface area (Å²) in [4.78, 5) is 44.7. The highest BCUT2D eigenvalue weighted by Crippen LogP contribution is 2.42. The molecule has 2 aromatic rings. The first kappa shape index (κ1) is 26.9. The summed E-state index contributed by atoms with van der Waals surface area (Å²) >= 11 is 5.94. The Balaban J connectivity index is 1.51. The molecule has 1 atom stereocenters. The van der Waals surface area contributed by atoms with E-state index < -0.39 is 17.6 Å². The number of halogens is 1. The fourth-order valence-electron chi connectivity index (χ4n) is 5.25. The standard InChI is InChI=1S/C27H33ClN5O4/c28-21-9-6-20(7-10-21)8-11-23(35)31-16-12-27(13-17-31)26(37)32(18-14-30-15-19-34)25(24(29)36)33(27)22-4-2-1-3-5-22/h1-7,9-11,25,30,34H,8,12-19H2,(H2,29,36)/t25-/m0/s1. The van der Waals surface area contributed by atoms with Gasteiger partial charge in [0.1, 0.15) is 5.54 Å². The topological polar surface area (TPSA) is 119 Å². The molecule has 0 aliphatic carbocycles. The minimum atomic E-state index is -0.981. The smallest absolute Gasteiger partial charge is 0.261 e. The van der Waals surface area contributed by atoms with Crippen LogP contribution in [0.15, 0.2) is 54.6 Å². The van der Waals surface area contributed by atoms with Gasteiger partial charge in [0.15, 0.2) is 6.17 Å². The highest BCUT2D eigenvalue weighted by molar-refractivity contribution is 6.30. The largest absolute Gasteiger partial charge is 0.395 e. The van der Waals surface area contributed by atoms with Gasteiger partial charge in [-0.05, 0) is 49.1 Å². The van der Waals surface area contributed by atoms with E-state index in [1.807, 2.05) is 47.4 Å². The summed E-state index contributed by atoms with van der Waals surface area (Å²) in [6.45, 7) is 1.82. The molecular formula is C27H33ClN5O4. The number of primary amides is 1. The van der Waals surface area contributed by atoms with Crippen molar-refractivity contribution in [1.29, 1.82) is 0 Å². The van der Waals surface area contributed by atoms with Gasteiger partial charge in [0, 0.05) is 43.4 Å². The average molecular weight is 527 g/mol. The number of carbonyl (C=O) groups excluding carboxylic acids is 3. The van der Waals surface area contributed by atoms with Crippen molar-refractivity contribution in [2.75, 3.05) is 44.2 Å². The minimum absolute atomic E-state index is 0.0217. The number of hydrogen-bond donors (Lipinski definition) is 3. The van der Waals surface area contributed by atoms with Crippen LogP contribution in [0.1, 0.15) is 18.4 Å². The first-order chi connectivity index (χ1) is 17.9. The lowest BCUT2D eigenvalue weighted by molar-refractivity contribution is -0.139. The SMILES string of the molecule is NC(=O)[C@H]1N(CCNCCO)C(=O)C2(CCN(C(=O)[CH]Cc3ccc(Cl)cc3)CC2)N1c1ccccc1. The number of amides is 3. The van der Waals surface area contributed by atoms with Gasteiger partial charge in [0.2, 0.25) is 5.91 Å². The van der Waals surface area contributed by atoms with Crippen molar-refractivity contribution in [3.05, 3.63) is 71.6 Å². The molecule has 2 aromatic carbocycles. The Kier molecular flexibility index (Phi) is 8.68. The molecule has 3 amide bonds. The van der Waals surface area contributed by atoms with E-state index in [0.29, 0.717) is 50.5 Å². The maximum Gasteiger partial charge on any atom is 0.261 e. The Morgan fingerprint density at radius 2 is 1.76 bits per heavy atom. The molecule has 0 saturated carbocycles. The summed E-state index contributed by atoms with van der Waals surface area (Å²) < 4.78 is 0. The number of piperidine rings is 1. The lowest BCUT2D eigenvalue weighted by Crippen LogP contribution is -2.59. The second kappa shape index (κ2) is 11.9. The summed E-state index contributed by atoms with van der Waals surface area (Å²) in [5.41, 5.74) is 6.61. The monoisotopic (exact) mass is 526 g/mol.